The minimum atomic E-state index is -0.996. The lowest BCUT2D eigenvalue weighted by molar-refractivity contribution is -0.132. The van der Waals surface area contributed by atoms with Gasteiger partial charge in [0.2, 0.25) is 0 Å². The Morgan fingerprint density at radius 2 is 1.87 bits per heavy atom. The van der Waals surface area contributed by atoms with E-state index in [1.807, 2.05) is 6.92 Å². The molecule has 4 rings (SSSR count). The van der Waals surface area contributed by atoms with Crippen LogP contribution in [0, 0.1) is 13.8 Å². The van der Waals surface area contributed by atoms with Crippen LogP contribution in [0.15, 0.2) is 48.0 Å². The van der Waals surface area contributed by atoms with E-state index in [1.165, 1.54) is 12.0 Å². The number of halogens is 1. The average molecular weight is 555 g/mol. The van der Waals surface area contributed by atoms with E-state index < -0.39 is 23.7 Å². The number of ether oxygens (including phenoxy) is 2. The molecule has 1 fully saturated rings. The monoisotopic (exact) mass is 554 g/mol. The molecular formula is C28H27ClN2O6S. The number of aryl methyl sites for hydroxylation is 2. The standard InChI is InChI=1S/C28H27ClN2O6S/c1-5-6-13-37-20-12-9-18(14-15(20)2)23(32)21-22(17-7-10-19(29)11-8-17)31(26(34)24(21)33)28-30-16(3)25(38-28)27(35)36-4/h7-12,14,22,32H,5-6,13H2,1-4H3/b23-21+/t22-/m1/s1. The number of aromatic nitrogens is 1. The van der Waals surface area contributed by atoms with Crippen molar-refractivity contribution in [3.05, 3.63) is 80.3 Å². The van der Waals surface area contributed by atoms with Gasteiger partial charge in [0.05, 0.1) is 31.0 Å². The number of benzene rings is 2. The molecular weight excluding hydrogens is 528 g/mol. The summed E-state index contributed by atoms with van der Waals surface area (Å²) in [4.78, 5) is 44.8. The van der Waals surface area contributed by atoms with Crippen LogP contribution >= 0.6 is 22.9 Å². The van der Waals surface area contributed by atoms with Gasteiger partial charge in [-0.2, -0.15) is 0 Å². The molecule has 3 aromatic rings. The summed E-state index contributed by atoms with van der Waals surface area (Å²) in [6, 6.07) is 10.7. The zero-order chi connectivity index (χ0) is 27.6. The zero-order valence-corrected chi connectivity index (χ0v) is 23.0. The Kier molecular flexibility index (Phi) is 8.18. The van der Waals surface area contributed by atoms with Gasteiger partial charge in [0.15, 0.2) is 5.13 Å². The Morgan fingerprint density at radius 3 is 2.50 bits per heavy atom. The van der Waals surface area contributed by atoms with Crippen molar-refractivity contribution in [3.8, 4) is 5.75 Å². The summed E-state index contributed by atoms with van der Waals surface area (Å²) >= 11 is 7.03. The van der Waals surface area contributed by atoms with E-state index in [0.29, 0.717) is 34.2 Å². The van der Waals surface area contributed by atoms with Crippen LogP contribution in [0.3, 0.4) is 0 Å². The molecule has 0 unspecified atom stereocenters. The summed E-state index contributed by atoms with van der Waals surface area (Å²) < 4.78 is 10.6. The molecule has 0 saturated carbocycles. The van der Waals surface area contributed by atoms with Crippen LogP contribution in [-0.2, 0) is 14.3 Å². The molecule has 2 heterocycles. The van der Waals surface area contributed by atoms with Gasteiger partial charge in [-0.25, -0.2) is 9.78 Å². The molecule has 1 atom stereocenters. The van der Waals surface area contributed by atoms with Crippen LogP contribution in [0.4, 0.5) is 5.13 Å². The molecule has 0 bridgehead atoms. The molecule has 1 aliphatic heterocycles. The fourth-order valence-corrected chi connectivity index (χ4v) is 5.34. The van der Waals surface area contributed by atoms with Gasteiger partial charge >= 0.3 is 11.9 Å². The Morgan fingerprint density at radius 1 is 1.16 bits per heavy atom. The predicted octanol–water partition coefficient (Wildman–Crippen LogP) is 6.01. The largest absolute Gasteiger partial charge is 0.507 e. The van der Waals surface area contributed by atoms with Gasteiger partial charge < -0.3 is 14.6 Å². The molecule has 1 N–H and O–H groups in total. The maximum atomic E-state index is 13.4. The first-order valence-electron chi connectivity index (χ1n) is 12.0. The molecule has 0 radical (unpaired) electrons. The number of esters is 1. The van der Waals surface area contributed by atoms with Gasteiger partial charge in [0.25, 0.3) is 5.78 Å². The number of methoxy groups -OCH3 is 1. The van der Waals surface area contributed by atoms with Crippen LogP contribution in [0.1, 0.15) is 57.9 Å². The van der Waals surface area contributed by atoms with Crippen molar-refractivity contribution in [2.24, 2.45) is 0 Å². The third-order valence-electron chi connectivity index (χ3n) is 6.20. The Balaban J connectivity index is 1.84. The maximum absolute atomic E-state index is 13.4. The number of Topliss-reactive ketones (excluding diaryl/α,β-unsaturated/α-hetero) is 1. The molecule has 8 nitrogen and oxygen atoms in total. The second-order valence-corrected chi connectivity index (χ2v) is 10.2. The van der Waals surface area contributed by atoms with Crippen LogP contribution in [0.25, 0.3) is 5.76 Å². The Bertz CT molecular complexity index is 1430. The van der Waals surface area contributed by atoms with Gasteiger partial charge in [-0.15, -0.1) is 0 Å². The predicted molar refractivity (Wildman–Crippen MR) is 146 cm³/mol. The lowest BCUT2D eigenvalue weighted by Gasteiger charge is -2.23. The summed E-state index contributed by atoms with van der Waals surface area (Å²) in [5, 5.41) is 12.0. The molecule has 198 valence electrons. The van der Waals surface area contributed by atoms with Gasteiger partial charge in [-0.1, -0.05) is 48.4 Å². The van der Waals surface area contributed by atoms with Gasteiger partial charge in [0, 0.05) is 10.6 Å². The lowest BCUT2D eigenvalue weighted by Crippen LogP contribution is -2.29. The summed E-state index contributed by atoms with van der Waals surface area (Å²) in [5.74, 6) is -1.97. The summed E-state index contributed by atoms with van der Waals surface area (Å²) in [7, 11) is 1.25. The van der Waals surface area contributed by atoms with Crippen molar-refractivity contribution in [1.82, 2.24) is 4.98 Å². The molecule has 1 amide bonds. The zero-order valence-electron chi connectivity index (χ0n) is 21.4. The number of amides is 1. The first-order chi connectivity index (χ1) is 18.2. The third-order valence-corrected chi connectivity index (χ3v) is 7.58. The molecule has 1 aromatic heterocycles. The molecule has 1 saturated heterocycles. The molecule has 10 heteroatoms. The Labute approximate surface area is 229 Å². The fourth-order valence-electron chi connectivity index (χ4n) is 4.20. The SMILES string of the molecule is CCCCOc1ccc(/C(O)=C2\C(=O)C(=O)N(c3nc(C)c(C(=O)OC)s3)[C@@H]2c2ccc(Cl)cc2)cc1C. The van der Waals surface area contributed by atoms with E-state index in [2.05, 4.69) is 11.9 Å². The Hall–Kier alpha value is -3.69. The number of rotatable bonds is 8. The average Bonchev–Trinajstić information content (AvgIpc) is 3.41. The minimum absolute atomic E-state index is 0.0937. The summed E-state index contributed by atoms with van der Waals surface area (Å²) in [6.45, 7) is 6.12. The third kappa shape index (κ3) is 5.16. The second kappa shape index (κ2) is 11.4. The molecule has 0 spiro atoms. The second-order valence-electron chi connectivity index (χ2n) is 8.81. The van der Waals surface area contributed by atoms with E-state index in [-0.39, 0.29) is 21.3 Å². The van der Waals surface area contributed by atoms with Crippen LogP contribution < -0.4 is 9.64 Å². The first kappa shape index (κ1) is 27.3. The molecule has 2 aromatic carbocycles. The minimum Gasteiger partial charge on any atom is -0.507 e. The summed E-state index contributed by atoms with van der Waals surface area (Å²) in [5.41, 5.74) is 1.96. The number of thiazole rings is 1. The number of hydrogen-bond acceptors (Lipinski definition) is 8. The van der Waals surface area contributed by atoms with Crippen molar-refractivity contribution in [3.63, 3.8) is 0 Å². The highest BCUT2D eigenvalue weighted by molar-refractivity contribution is 7.17. The maximum Gasteiger partial charge on any atom is 0.350 e. The highest BCUT2D eigenvalue weighted by Gasteiger charge is 2.48. The number of aliphatic hydroxyl groups excluding tert-OH is 1. The first-order valence-corrected chi connectivity index (χ1v) is 13.2. The van der Waals surface area contributed by atoms with Crippen molar-refractivity contribution in [2.75, 3.05) is 18.6 Å². The lowest BCUT2D eigenvalue weighted by atomic mass is 9.95. The van der Waals surface area contributed by atoms with Crippen molar-refractivity contribution < 1.29 is 29.0 Å². The molecule has 1 aliphatic rings. The molecule has 38 heavy (non-hydrogen) atoms. The number of unbranched alkanes of at least 4 members (excludes halogenated alkanes) is 1. The highest BCUT2D eigenvalue weighted by Crippen LogP contribution is 2.44. The van der Waals surface area contributed by atoms with E-state index in [4.69, 9.17) is 21.1 Å². The normalized spacial score (nSPS) is 16.7. The number of nitrogens with zero attached hydrogens (tertiary/aromatic N) is 2. The summed E-state index contributed by atoms with van der Waals surface area (Å²) in [6.07, 6.45) is 1.92. The van der Waals surface area contributed by atoms with Crippen LogP contribution in [0.5, 0.6) is 5.75 Å². The van der Waals surface area contributed by atoms with E-state index in [9.17, 15) is 19.5 Å². The van der Waals surface area contributed by atoms with Crippen molar-refractivity contribution >= 4 is 51.5 Å². The van der Waals surface area contributed by atoms with Gasteiger partial charge in [-0.05, 0) is 61.7 Å². The van der Waals surface area contributed by atoms with E-state index in [0.717, 1.165) is 29.7 Å². The smallest absolute Gasteiger partial charge is 0.350 e. The number of carbonyl (C=O) groups is 3. The number of ketones is 1. The van der Waals surface area contributed by atoms with Crippen molar-refractivity contribution in [1.29, 1.82) is 0 Å². The van der Waals surface area contributed by atoms with Gasteiger partial charge in [-0.3, -0.25) is 14.5 Å². The highest BCUT2D eigenvalue weighted by atomic mass is 35.5. The van der Waals surface area contributed by atoms with Crippen LogP contribution in [-0.4, -0.2) is 41.5 Å². The number of carbonyl (C=O) groups excluding carboxylic acids is 3. The quantitative estimate of drug-likeness (QED) is 0.119. The number of aliphatic hydroxyl groups is 1. The number of hydrogen-bond donors (Lipinski definition) is 1. The van der Waals surface area contributed by atoms with Crippen molar-refractivity contribution in [2.45, 2.75) is 39.7 Å². The fraction of sp³-hybridized carbons (Fsp3) is 0.286. The number of anilines is 1. The molecule has 0 aliphatic carbocycles. The van der Waals surface area contributed by atoms with E-state index in [1.54, 1.807) is 49.4 Å². The van der Waals surface area contributed by atoms with Gasteiger partial charge in [0.1, 0.15) is 16.4 Å². The topological polar surface area (TPSA) is 106 Å². The van der Waals surface area contributed by atoms with E-state index >= 15 is 0 Å². The van der Waals surface area contributed by atoms with Crippen LogP contribution in [0.2, 0.25) is 5.02 Å².